The van der Waals surface area contributed by atoms with E-state index in [2.05, 4.69) is 9.78 Å². The lowest BCUT2D eigenvalue weighted by Gasteiger charge is -2.17. The molecule has 0 saturated carbocycles. The lowest BCUT2D eigenvalue weighted by Crippen LogP contribution is -2.31. The van der Waals surface area contributed by atoms with Crippen molar-refractivity contribution >= 4 is 11.9 Å². The van der Waals surface area contributed by atoms with Crippen LogP contribution in [-0.4, -0.2) is 22.6 Å². The molecule has 1 N–H and O–H groups in total. The molecule has 0 aliphatic carbocycles. The molecule has 12 heavy (non-hydrogen) atoms. The summed E-state index contributed by atoms with van der Waals surface area (Å²) in [5, 5.41) is 8.46. The van der Waals surface area contributed by atoms with Gasteiger partial charge in [0.25, 0.3) is 0 Å². The molecule has 0 aromatic rings. The Morgan fingerprint density at radius 1 is 1.67 bits per heavy atom. The summed E-state index contributed by atoms with van der Waals surface area (Å²) in [6.07, 6.45) is -0.258. The molecule has 0 aromatic heterocycles. The van der Waals surface area contributed by atoms with E-state index in [1.165, 1.54) is 0 Å². The van der Waals surface area contributed by atoms with Crippen molar-refractivity contribution in [1.29, 1.82) is 0 Å². The molecule has 1 heterocycles. The van der Waals surface area contributed by atoms with Crippen LogP contribution in [0, 0.1) is 5.92 Å². The minimum atomic E-state index is -1.03. The topological polar surface area (TPSA) is 72.8 Å². The summed E-state index contributed by atoms with van der Waals surface area (Å²) >= 11 is 0. The molecule has 1 unspecified atom stereocenters. The average Bonchev–Trinajstić information content (AvgIpc) is 2.15. The number of rotatable bonds is 2. The molecule has 1 aliphatic heterocycles. The van der Waals surface area contributed by atoms with Gasteiger partial charge in [-0.05, 0) is 13.8 Å². The Hall–Kier alpha value is -1.10. The van der Waals surface area contributed by atoms with E-state index in [1.54, 1.807) is 13.8 Å². The van der Waals surface area contributed by atoms with Gasteiger partial charge in [0.2, 0.25) is 0 Å². The second-order valence-corrected chi connectivity index (χ2v) is 3.24. The monoisotopic (exact) mass is 174 g/mol. The lowest BCUT2D eigenvalue weighted by atomic mass is 9.89. The maximum atomic E-state index is 10.9. The third-order valence-corrected chi connectivity index (χ3v) is 1.84. The van der Waals surface area contributed by atoms with Gasteiger partial charge in [0, 0.05) is 0 Å². The summed E-state index contributed by atoms with van der Waals surface area (Å²) in [5.74, 6) is -2.35. The normalized spacial score (nSPS) is 26.8. The standard InChI is InChI=1S/C7H10O5/c1-7(2)4(3-5(8)9)6(10)11-12-7/h4H,3H2,1-2H3,(H,8,9). The SMILES string of the molecule is CC1(C)OOC(=O)C1CC(=O)O. The smallest absolute Gasteiger partial charge is 0.349 e. The Morgan fingerprint density at radius 2 is 2.25 bits per heavy atom. The highest BCUT2D eigenvalue weighted by atomic mass is 17.2. The van der Waals surface area contributed by atoms with E-state index in [0.29, 0.717) is 0 Å². The highest BCUT2D eigenvalue weighted by molar-refractivity contribution is 5.80. The van der Waals surface area contributed by atoms with Gasteiger partial charge in [-0.25, -0.2) is 4.79 Å². The van der Waals surface area contributed by atoms with Crippen LogP contribution in [0.4, 0.5) is 0 Å². The zero-order valence-corrected chi connectivity index (χ0v) is 6.86. The number of carboxylic acids is 1. The summed E-state index contributed by atoms with van der Waals surface area (Å²) in [7, 11) is 0. The molecule has 1 saturated heterocycles. The predicted molar refractivity (Wildman–Crippen MR) is 37.0 cm³/mol. The minimum absolute atomic E-state index is 0.258. The predicted octanol–water partition coefficient (Wildman–Crippen LogP) is 0.344. The van der Waals surface area contributed by atoms with Crippen molar-refractivity contribution in [2.45, 2.75) is 25.9 Å². The number of carboxylic acid groups (broad SMARTS) is 1. The Labute approximate surface area is 69.2 Å². The molecule has 0 bridgehead atoms. The largest absolute Gasteiger partial charge is 0.481 e. The number of aliphatic carboxylic acids is 1. The lowest BCUT2D eigenvalue weighted by molar-refractivity contribution is -0.286. The quantitative estimate of drug-likeness (QED) is 0.611. The van der Waals surface area contributed by atoms with Crippen LogP contribution in [0.15, 0.2) is 0 Å². The zero-order chi connectivity index (χ0) is 9.35. The Morgan fingerprint density at radius 3 is 2.58 bits per heavy atom. The van der Waals surface area contributed by atoms with E-state index in [0.717, 1.165) is 0 Å². The van der Waals surface area contributed by atoms with Gasteiger partial charge in [0.15, 0.2) is 0 Å². The first kappa shape index (κ1) is 8.99. The van der Waals surface area contributed by atoms with E-state index >= 15 is 0 Å². The summed E-state index contributed by atoms with van der Waals surface area (Å²) in [4.78, 5) is 30.2. The molecule has 1 rings (SSSR count). The highest BCUT2D eigenvalue weighted by Gasteiger charge is 2.47. The van der Waals surface area contributed by atoms with Gasteiger partial charge in [0.05, 0.1) is 6.42 Å². The fourth-order valence-electron chi connectivity index (χ4n) is 1.05. The van der Waals surface area contributed by atoms with Gasteiger partial charge in [-0.2, -0.15) is 4.89 Å². The van der Waals surface area contributed by atoms with Crippen molar-refractivity contribution in [3.8, 4) is 0 Å². The van der Waals surface area contributed by atoms with Crippen LogP contribution in [-0.2, 0) is 19.4 Å². The molecule has 1 fully saturated rings. The first-order valence-corrected chi connectivity index (χ1v) is 3.55. The van der Waals surface area contributed by atoms with E-state index < -0.39 is 23.5 Å². The highest BCUT2D eigenvalue weighted by Crippen LogP contribution is 2.32. The van der Waals surface area contributed by atoms with E-state index in [-0.39, 0.29) is 6.42 Å². The van der Waals surface area contributed by atoms with E-state index in [9.17, 15) is 9.59 Å². The van der Waals surface area contributed by atoms with Crippen molar-refractivity contribution in [2.24, 2.45) is 5.92 Å². The van der Waals surface area contributed by atoms with E-state index in [1.807, 2.05) is 0 Å². The molecule has 5 heteroatoms. The maximum absolute atomic E-state index is 10.9. The Bertz CT molecular complexity index is 220. The second-order valence-electron chi connectivity index (χ2n) is 3.24. The van der Waals surface area contributed by atoms with Gasteiger partial charge >= 0.3 is 11.9 Å². The number of hydrogen-bond acceptors (Lipinski definition) is 4. The maximum Gasteiger partial charge on any atom is 0.349 e. The first-order valence-electron chi connectivity index (χ1n) is 3.55. The molecule has 0 amide bonds. The van der Waals surface area contributed by atoms with Crippen molar-refractivity contribution in [2.75, 3.05) is 0 Å². The summed E-state index contributed by atoms with van der Waals surface area (Å²) in [5.41, 5.74) is -0.838. The van der Waals surface area contributed by atoms with Gasteiger partial charge in [-0.15, -0.1) is 0 Å². The number of carbonyl (C=O) groups excluding carboxylic acids is 1. The van der Waals surface area contributed by atoms with Crippen LogP contribution in [0.25, 0.3) is 0 Å². The van der Waals surface area contributed by atoms with Crippen molar-refractivity contribution in [1.82, 2.24) is 0 Å². The van der Waals surface area contributed by atoms with Crippen LogP contribution < -0.4 is 0 Å². The van der Waals surface area contributed by atoms with Crippen LogP contribution in [0.5, 0.6) is 0 Å². The third kappa shape index (κ3) is 1.55. The number of hydrogen-bond donors (Lipinski definition) is 1. The molecule has 0 aromatic carbocycles. The van der Waals surface area contributed by atoms with E-state index in [4.69, 9.17) is 5.11 Å². The summed E-state index contributed by atoms with van der Waals surface area (Å²) < 4.78 is 0. The Balaban J connectivity index is 2.71. The van der Waals surface area contributed by atoms with Crippen LogP contribution >= 0.6 is 0 Å². The van der Waals surface area contributed by atoms with Crippen molar-refractivity contribution in [3.63, 3.8) is 0 Å². The minimum Gasteiger partial charge on any atom is -0.481 e. The average molecular weight is 174 g/mol. The van der Waals surface area contributed by atoms with Crippen molar-refractivity contribution in [3.05, 3.63) is 0 Å². The van der Waals surface area contributed by atoms with Gasteiger partial charge in [-0.3, -0.25) is 9.68 Å². The molecule has 0 radical (unpaired) electrons. The van der Waals surface area contributed by atoms with Crippen LogP contribution in [0.2, 0.25) is 0 Å². The fraction of sp³-hybridized carbons (Fsp3) is 0.714. The summed E-state index contributed by atoms with van der Waals surface area (Å²) in [6, 6.07) is 0. The zero-order valence-electron chi connectivity index (χ0n) is 6.86. The van der Waals surface area contributed by atoms with Gasteiger partial charge < -0.3 is 5.11 Å². The fourth-order valence-corrected chi connectivity index (χ4v) is 1.05. The molecular weight excluding hydrogens is 164 g/mol. The molecule has 1 atom stereocenters. The van der Waals surface area contributed by atoms with Gasteiger partial charge in [-0.1, -0.05) is 0 Å². The third-order valence-electron chi connectivity index (χ3n) is 1.84. The molecule has 68 valence electrons. The first-order chi connectivity index (χ1) is 5.43. The van der Waals surface area contributed by atoms with Crippen LogP contribution in [0.3, 0.4) is 0 Å². The Kier molecular flexibility index (Phi) is 2.06. The second kappa shape index (κ2) is 2.75. The molecule has 5 nitrogen and oxygen atoms in total. The number of carbonyl (C=O) groups is 2. The molecule has 1 aliphatic rings. The van der Waals surface area contributed by atoms with Crippen LogP contribution in [0.1, 0.15) is 20.3 Å². The molecular formula is C7H10O5. The molecule has 0 spiro atoms. The van der Waals surface area contributed by atoms with Gasteiger partial charge in [0.1, 0.15) is 11.5 Å². The summed E-state index contributed by atoms with van der Waals surface area (Å²) in [6.45, 7) is 3.23. The van der Waals surface area contributed by atoms with Crippen molar-refractivity contribution < 1.29 is 24.5 Å².